The number of aromatic nitrogens is 2. The predicted molar refractivity (Wildman–Crippen MR) is 112 cm³/mol. The number of amides is 2. The van der Waals surface area contributed by atoms with Crippen LogP contribution in [0.5, 0.6) is 11.6 Å². The summed E-state index contributed by atoms with van der Waals surface area (Å²) in [6.07, 6.45) is 8.29. The summed E-state index contributed by atoms with van der Waals surface area (Å²) in [6, 6.07) is 6.44. The molecule has 2 aromatic heterocycles. The molecule has 2 bridgehead atoms. The quantitative estimate of drug-likeness (QED) is 0.393. The average molecular weight is 431 g/mol. The Kier molecular flexibility index (Phi) is 4.18. The first kappa shape index (κ1) is 19.2. The molecule has 3 heterocycles. The number of methoxy groups -OCH3 is 1. The van der Waals surface area contributed by atoms with Crippen molar-refractivity contribution in [1.82, 2.24) is 9.97 Å². The van der Waals surface area contributed by atoms with Crippen LogP contribution >= 0.6 is 0 Å². The predicted octanol–water partition coefficient (Wildman–Crippen LogP) is 2.30. The summed E-state index contributed by atoms with van der Waals surface area (Å²) in [4.78, 5) is 48.1. The first-order chi connectivity index (χ1) is 15.6. The Balaban J connectivity index is 1.14. The lowest BCUT2D eigenvalue weighted by atomic mass is 9.63. The van der Waals surface area contributed by atoms with Gasteiger partial charge in [-0.15, -0.1) is 0 Å². The van der Waals surface area contributed by atoms with Crippen LogP contribution in [0, 0.1) is 35.5 Å². The number of hydrogen-bond donors (Lipinski definition) is 0. The van der Waals surface area contributed by atoms with Crippen LogP contribution in [0.1, 0.15) is 16.8 Å². The summed E-state index contributed by atoms with van der Waals surface area (Å²) in [5, 5.41) is 0. The summed E-state index contributed by atoms with van der Waals surface area (Å²) in [6.45, 7) is -0.182. The van der Waals surface area contributed by atoms with Gasteiger partial charge in [0.1, 0.15) is 11.6 Å². The number of ketones is 1. The van der Waals surface area contributed by atoms with Crippen LogP contribution in [-0.2, 0) is 9.59 Å². The molecular weight excluding hydrogens is 410 g/mol. The fraction of sp³-hybridized carbons (Fsp3) is 0.375. The Bertz CT molecular complexity index is 1110. The summed E-state index contributed by atoms with van der Waals surface area (Å²) in [5.41, 5.74) is 0.410. The van der Waals surface area contributed by atoms with Crippen LogP contribution in [0.3, 0.4) is 0 Å². The number of allylic oxidation sites excluding steroid dienone is 2. The van der Waals surface area contributed by atoms with Crippen molar-refractivity contribution < 1.29 is 23.9 Å². The van der Waals surface area contributed by atoms with E-state index in [0.717, 1.165) is 6.42 Å². The van der Waals surface area contributed by atoms with Crippen LogP contribution in [0.2, 0.25) is 0 Å². The van der Waals surface area contributed by atoms with Crippen molar-refractivity contribution in [2.45, 2.75) is 6.42 Å². The van der Waals surface area contributed by atoms with Crippen molar-refractivity contribution >= 4 is 23.4 Å². The van der Waals surface area contributed by atoms with Gasteiger partial charge in [-0.05, 0) is 48.3 Å². The maximum Gasteiger partial charge on any atom is 0.239 e. The van der Waals surface area contributed by atoms with E-state index in [1.165, 1.54) is 24.4 Å². The van der Waals surface area contributed by atoms with Gasteiger partial charge in [-0.3, -0.25) is 14.4 Å². The Morgan fingerprint density at radius 2 is 1.72 bits per heavy atom. The first-order valence-corrected chi connectivity index (χ1v) is 10.7. The van der Waals surface area contributed by atoms with Crippen molar-refractivity contribution in [2.24, 2.45) is 35.5 Å². The molecule has 8 nitrogen and oxygen atoms in total. The molecule has 2 aromatic rings. The third-order valence-electron chi connectivity index (χ3n) is 7.25. The number of imide groups is 1. The number of carbonyl (C=O) groups excluding carboxylic acids is 3. The third kappa shape index (κ3) is 2.78. The van der Waals surface area contributed by atoms with Crippen molar-refractivity contribution in [3.05, 3.63) is 54.4 Å². The normalized spacial score (nSPS) is 31.3. The molecule has 1 aliphatic heterocycles. The first-order valence-electron chi connectivity index (χ1n) is 10.7. The second-order valence-corrected chi connectivity index (χ2v) is 8.82. The van der Waals surface area contributed by atoms with Gasteiger partial charge in [0.15, 0.2) is 6.61 Å². The van der Waals surface area contributed by atoms with Crippen molar-refractivity contribution in [2.75, 3.05) is 18.6 Å². The number of Topliss-reactive ketones (excluding diaryl/α,β-unsaturated/α-hetero) is 1. The number of rotatable bonds is 6. The molecule has 4 aliphatic carbocycles. The maximum atomic E-state index is 13.1. The van der Waals surface area contributed by atoms with E-state index in [0.29, 0.717) is 34.8 Å². The summed E-state index contributed by atoms with van der Waals surface area (Å²) in [5.74, 6) is 1.55. The van der Waals surface area contributed by atoms with Gasteiger partial charge in [0.25, 0.3) is 0 Å². The van der Waals surface area contributed by atoms with E-state index in [1.807, 2.05) is 0 Å². The highest BCUT2D eigenvalue weighted by atomic mass is 16.5. The fourth-order valence-electron chi connectivity index (χ4n) is 5.67. The second kappa shape index (κ2) is 6.98. The number of nitrogens with zero attached hydrogens (tertiary/aromatic N) is 3. The summed E-state index contributed by atoms with van der Waals surface area (Å²) in [7, 11) is 1.50. The molecule has 7 rings (SSSR count). The Labute approximate surface area is 184 Å². The zero-order chi connectivity index (χ0) is 22.0. The van der Waals surface area contributed by atoms with Crippen LogP contribution in [0.15, 0.2) is 48.8 Å². The second-order valence-electron chi connectivity index (χ2n) is 8.82. The van der Waals surface area contributed by atoms with Gasteiger partial charge >= 0.3 is 0 Å². The minimum absolute atomic E-state index is 0.145. The van der Waals surface area contributed by atoms with Gasteiger partial charge in [-0.25, -0.2) is 14.9 Å². The van der Waals surface area contributed by atoms with E-state index in [4.69, 9.17) is 9.47 Å². The monoisotopic (exact) mass is 431 g/mol. The molecule has 32 heavy (non-hydrogen) atoms. The summed E-state index contributed by atoms with van der Waals surface area (Å²) >= 11 is 0. The van der Waals surface area contributed by atoms with Gasteiger partial charge in [-0.2, -0.15) is 0 Å². The highest BCUT2D eigenvalue weighted by molar-refractivity contribution is 6.22. The zero-order valence-electron chi connectivity index (χ0n) is 17.4. The number of hydrogen-bond acceptors (Lipinski definition) is 7. The average Bonchev–Trinajstić information content (AvgIpc) is 3.61. The van der Waals surface area contributed by atoms with Crippen molar-refractivity contribution in [3.8, 4) is 11.6 Å². The lowest BCUT2D eigenvalue weighted by Gasteiger charge is -2.37. The lowest BCUT2D eigenvalue weighted by Crippen LogP contribution is -2.40. The number of pyridine rings is 2. The molecule has 8 heteroatoms. The fourth-order valence-corrected chi connectivity index (χ4v) is 5.67. The molecule has 0 spiro atoms. The van der Waals surface area contributed by atoms with E-state index in [1.54, 1.807) is 24.3 Å². The highest BCUT2D eigenvalue weighted by Crippen LogP contribution is 2.65. The van der Waals surface area contributed by atoms with Gasteiger partial charge < -0.3 is 9.47 Å². The third-order valence-corrected chi connectivity index (χ3v) is 7.25. The molecule has 2 amide bonds. The largest absolute Gasteiger partial charge is 0.484 e. The lowest BCUT2D eigenvalue weighted by molar-refractivity contribution is -0.124. The van der Waals surface area contributed by atoms with Gasteiger partial charge in [0, 0.05) is 17.8 Å². The number of carbonyl (C=O) groups is 3. The Morgan fingerprint density at radius 3 is 2.28 bits per heavy atom. The Morgan fingerprint density at radius 1 is 1.00 bits per heavy atom. The molecule has 162 valence electrons. The molecular formula is C24H21N3O5. The minimum atomic E-state index is -0.255. The van der Waals surface area contributed by atoms with E-state index in [9.17, 15) is 14.4 Å². The molecule has 5 aliphatic rings. The molecule has 0 radical (unpaired) electrons. The van der Waals surface area contributed by atoms with Crippen LogP contribution in [-0.4, -0.2) is 41.3 Å². The molecule has 2 saturated carbocycles. The van der Waals surface area contributed by atoms with E-state index < -0.39 is 0 Å². The topological polar surface area (TPSA) is 98.7 Å². The van der Waals surface area contributed by atoms with Crippen LogP contribution in [0.4, 0.5) is 5.82 Å². The number of ether oxygens (including phenoxy) is 2. The van der Waals surface area contributed by atoms with E-state index in [-0.39, 0.29) is 47.9 Å². The van der Waals surface area contributed by atoms with Gasteiger partial charge in [-0.1, -0.05) is 12.2 Å². The molecule has 0 N–H and O–H groups in total. The van der Waals surface area contributed by atoms with E-state index in [2.05, 4.69) is 22.1 Å². The SMILES string of the molecule is COc1ccc(C(=O)COc2ccc(N3C(=O)[C@@H]4[C@@H]5C=C[C@@H]([C@H]6C[C@@H]56)[C@@H]4C3=O)nc2)cn1. The molecule has 6 atom stereocenters. The standard InChI is InChI=1S/C24H21N3O5/c1-31-20-7-2-12(9-26-20)18(28)11-32-13-3-6-19(25-10-13)27-23(29)21-14-4-5-15(17-8-16(14)17)22(21)24(27)30/h2-7,9-10,14-17,21-22H,8,11H2,1H3/t14-,15+,16+,17-,21-,22+. The molecule has 1 saturated heterocycles. The molecule has 0 unspecified atom stereocenters. The minimum Gasteiger partial charge on any atom is -0.484 e. The molecule has 0 aromatic carbocycles. The van der Waals surface area contributed by atoms with E-state index >= 15 is 0 Å². The highest BCUT2D eigenvalue weighted by Gasteiger charge is 2.67. The maximum absolute atomic E-state index is 13.1. The molecule has 3 fully saturated rings. The van der Waals surface area contributed by atoms with Crippen molar-refractivity contribution in [3.63, 3.8) is 0 Å². The Hall–Kier alpha value is -3.55. The summed E-state index contributed by atoms with van der Waals surface area (Å²) < 4.78 is 10.5. The smallest absolute Gasteiger partial charge is 0.239 e. The zero-order valence-corrected chi connectivity index (χ0v) is 17.4. The van der Waals surface area contributed by atoms with Gasteiger partial charge in [0.05, 0.1) is 25.1 Å². The van der Waals surface area contributed by atoms with Crippen LogP contribution in [0.25, 0.3) is 0 Å². The van der Waals surface area contributed by atoms with Gasteiger partial charge in [0.2, 0.25) is 23.5 Å². The van der Waals surface area contributed by atoms with Crippen LogP contribution < -0.4 is 14.4 Å². The van der Waals surface area contributed by atoms with Crippen molar-refractivity contribution in [1.29, 1.82) is 0 Å². The number of anilines is 1.